The molecule has 0 aromatic rings. The summed E-state index contributed by atoms with van der Waals surface area (Å²) in [6, 6.07) is 0. The van der Waals surface area contributed by atoms with Crippen molar-refractivity contribution in [3.05, 3.63) is 0 Å². The van der Waals surface area contributed by atoms with Gasteiger partial charge in [-0.3, -0.25) is 10.4 Å². The molecule has 0 rings (SSSR count). The zero-order valence-corrected chi connectivity index (χ0v) is 4.27. The fourth-order valence-electron chi connectivity index (χ4n) is 0. The van der Waals surface area contributed by atoms with Crippen molar-refractivity contribution >= 4 is 7.52 Å². The molecule has 0 fully saturated rings. The van der Waals surface area contributed by atoms with Gasteiger partial charge in [-0.25, -0.2) is 0 Å². The van der Waals surface area contributed by atoms with Gasteiger partial charge in [-0.2, -0.15) is 5.20 Å². The summed E-state index contributed by atoms with van der Waals surface area (Å²) in [7, 11) is -3.12. The van der Waals surface area contributed by atoms with Crippen LogP contribution in [-0.4, -0.2) is 11.6 Å². The van der Waals surface area contributed by atoms with E-state index in [2.05, 4.69) is 5.84 Å². The Balaban J connectivity index is 3.48. The molecule has 0 heterocycles. The number of hydrazine groups is 1. The first-order chi connectivity index (χ1) is 2.56. The lowest BCUT2D eigenvalue weighted by atomic mass is 12.0. The zero-order chi connectivity index (χ0) is 5.21. The van der Waals surface area contributed by atoms with Crippen LogP contribution in [-0.2, 0) is 4.57 Å². The number of nitrogens with one attached hydrogen (secondary N) is 1. The van der Waals surface area contributed by atoms with E-state index in [1.54, 1.807) is 5.20 Å². The van der Waals surface area contributed by atoms with Crippen molar-refractivity contribution in [2.24, 2.45) is 5.84 Å². The predicted octanol–water partition coefficient (Wildman–Crippen LogP) is -0.735. The number of rotatable bonds is 1. The van der Waals surface area contributed by atoms with Crippen LogP contribution in [0.5, 0.6) is 0 Å². The summed E-state index contributed by atoms with van der Waals surface area (Å²) in [6.45, 7) is 1.12. The minimum atomic E-state index is -3.12. The molecule has 0 radical (unpaired) electrons. The van der Waals surface area contributed by atoms with Gasteiger partial charge in [0.1, 0.15) is 0 Å². The van der Waals surface area contributed by atoms with Gasteiger partial charge in [-0.15, -0.1) is 0 Å². The van der Waals surface area contributed by atoms with E-state index >= 15 is 0 Å². The fraction of sp³-hybridized carbons (Fsp3) is 1.00. The topological polar surface area (TPSA) is 75.3 Å². The lowest BCUT2D eigenvalue weighted by Crippen LogP contribution is -2.16. The Hall–Kier alpha value is 0.110. The van der Waals surface area contributed by atoms with Crippen LogP contribution in [0, 0.1) is 0 Å². The first kappa shape index (κ1) is 6.11. The molecule has 38 valence electrons. The van der Waals surface area contributed by atoms with Crippen LogP contribution in [0.3, 0.4) is 0 Å². The van der Waals surface area contributed by atoms with E-state index < -0.39 is 7.52 Å². The molecule has 5 heteroatoms. The minimum Gasteiger partial charge on any atom is -0.333 e. The average molecular weight is 110 g/mol. The summed E-state index contributed by atoms with van der Waals surface area (Å²) in [4.78, 5) is 8.15. The summed E-state index contributed by atoms with van der Waals surface area (Å²) in [5, 5.41) is 1.72. The van der Waals surface area contributed by atoms with Crippen molar-refractivity contribution in [1.29, 1.82) is 0 Å². The Labute approximate surface area is 35.8 Å². The van der Waals surface area contributed by atoms with Gasteiger partial charge in [-0.1, -0.05) is 0 Å². The Morgan fingerprint density at radius 2 is 2.17 bits per heavy atom. The normalized spacial score (nSPS) is 19.8. The van der Waals surface area contributed by atoms with Crippen molar-refractivity contribution in [3.63, 3.8) is 0 Å². The minimum absolute atomic E-state index is 1.12. The molecule has 0 spiro atoms. The third kappa shape index (κ3) is 4.11. The van der Waals surface area contributed by atoms with E-state index in [9.17, 15) is 4.57 Å². The maximum Gasteiger partial charge on any atom is 0.277 e. The fourth-order valence-corrected chi connectivity index (χ4v) is 0. The van der Waals surface area contributed by atoms with Crippen LogP contribution in [0.4, 0.5) is 0 Å². The van der Waals surface area contributed by atoms with Crippen LogP contribution in [0.2, 0.25) is 0 Å². The van der Waals surface area contributed by atoms with Gasteiger partial charge in [0, 0.05) is 6.66 Å². The maximum atomic E-state index is 9.90. The molecule has 1 unspecified atom stereocenters. The summed E-state index contributed by atoms with van der Waals surface area (Å²) in [5.41, 5.74) is 0. The highest BCUT2D eigenvalue weighted by Gasteiger charge is 2.00. The molecule has 0 aromatic carbocycles. The van der Waals surface area contributed by atoms with E-state index in [1.165, 1.54) is 0 Å². The highest BCUT2D eigenvalue weighted by molar-refractivity contribution is 7.54. The van der Waals surface area contributed by atoms with Crippen LogP contribution in [0.1, 0.15) is 0 Å². The Bertz CT molecular complexity index is 75.6. The molecule has 0 aromatic heterocycles. The maximum absolute atomic E-state index is 9.90. The van der Waals surface area contributed by atoms with Gasteiger partial charge < -0.3 is 4.89 Å². The second kappa shape index (κ2) is 1.71. The van der Waals surface area contributed by atoms with E-state index in [-0.39, 0.29) is 0 Å². The molecule has 4 N–H and O–H groups in total. The molecule has 0 bridgehead atoms. The molecule has 0 aliphatic heterocycles. The highest BCUT2D eigenvalue weighted by Crippen LogP contribution is 2.25. The monoisotopic (exact) mass is 110 g/mol. The van der Waals surface area contributed by atoms with Crippen LogP contribution >= 0.6 is 7.52 Å². The van der Waals surface area contributed by atoms with Crippen molar-refractivity contribution in [1.82, 2.24) is 5.20 Å². The van der Waals surface area contributed by atoms with Gasteiger partial charge in [0.25, 0.3) is 7.52 Å². The van der Waals surface area contributed by atoms with Gasteiger partial charge in [-0.05, 0) is 0 Å². The molecule has 0 saturated heterocycles. The summed E-state index contributed by atoms with van der Waals surface area (Å²) < 4.78 is 9.90. The van der Waals surface area contributed by atoms with E-state index in [0.29, 0.717) is 0 Å². The van der Waals surface area contributed by atoms with Gasteiger partial charge >= 0.3 is 0 Å². The van der Waals surface area contributed by atoms with Gasteiger partial charge in [0.15, 0.2) is 0 Å². The highest BCUT2D eigenvalue weighted by atomic mass is 31.2. The quantitative estimate of drug-likeness (QED) is 0.236. The smallest absolute Gasteiger partial charge is 0.277 e. The average Bonchev–Trinajstić information content (AvgIpc) is 1.35. The summed E-state index contributed by atoms with van der Waals surface area (Å²) in [5.74, 6) is 4.54. The Morgan fingerprint density at radius 1 is 2.00 bits per heavy atom. The van der Waals surface area contributed by atoms with Crippen molar-refractivity contribution in [2.75, 3.05) is 6.66 Å². The predicted molar refractivity (Wildman–Crippen MR) is 23.1 cm³/mol. The van der Waals surface area contributed by atoms with Crippen LogP contribution < -0.4 is 11.0 Å². The van der Waals surface area contributed by atoms with E-state index in [0.717, 1.165) is 6.66 Å². The molecular formula is CH7N2O2P. The molecule has 0 aliphatic rings. The SMILES string of the molecule is CP(=O)(O)NN. The first-order valence-corrected chi connectivity index (χ1v) is 3.45. The molecule has 0 aliphatic carbocycles. The standard InChI is InChI=1S/CH7N2O2P/c1-6(4,5)3-2/h2H2,1H3,(H2,3,4,5). The largest absolute Gasteiger partial charge is 0.333 e. The molecule has 0 amide bonds. The molecule has 0 saturated carbocycles. The van der Waals surface area contributed by atoms with E-state index in [4.69, 9.17) is 4.89 Å². The zero-order valence-electron chi connectivity index (χ0n) is 3.38. The van der Waals surface area contributed by atoms with E-state index in [1.807, 2.05) is 0 Å². The number of hydrogen-bond donors (Lipinski definition) is 3. The molecular weight excluding hydrogens is 103 g/mol. The number of nitrogens with two attached hydrogens (primary N) is 1. The summed E-state index contributed by atoms with van der Waals surface area (Å²) >= 11 is 0. The first-order valence-electron chi connectivity index (χ1n) is 1.34. The van der Waals surface area contributed by atoms with Crippen LogP contribution in [0.15, 0.2) is 0 Å². The lowest BCUT2D eigenvalue weighted by molar-refractivity contribution is 0.472. The Morgan fingerprint density at radius 3 is 2.17 bits per heavy atom. The Kier molecular flexibility index (Phi) is 1.74. The van der Waals surface area contributed by atoms with Crippen LogP contribution in [0.25, 0.3) is 0 Å². The third-order valence-corrected chi connectivity index (χ3v) is 0.719. The summed E-state index contributed by atoms with van der Waals surface area (Å²) in [6.07, 6.45) is 0. The van der Waals surface area contributed by atoms with Crippen molar-refractivity contribution < 1.29 is 9.46 Å². The molecule has 1 atom stereocenters. The molecule has 6 heavy (non-hydrogen) atoms. The molecule has 4 nitrogen and oxygen atoms in total. The van der Waals surface area contributed by atoms with Crippen molar-refractivity contribution in [3.8, 4) is 0 Å². The number of hydrogen-bond acceptors (Lipinski definition) is 2. The third-order valence-electron chi connectivity index (χ3n) is 0.240. The second-order valence-electron chi connectivity index (χ2n) is 1.01. The lowest BCUT2D eigenvalue weighted by Gasteiger charge is -1.97. The van der Waals surface area contributed by atoms with Crippen molar-refractivity contribution in [2.45, 2.75) is 0 Å². The second-order valence-corrected chi connectivity index (χ2v) is 3.02. The van der Waals surface area contributed by atoms with Gasteiger partial charge in [0.05, 0.1) is 0 Å². The van der Waals surface area contributed by atoms with Gasteiger partial charge in [0.2, 0.25) is 0 Å².